The van der Waals surface area contributed by atoms with E-state index in [2.05, 4.69) is 215 Å². The van der Waals surface area contributed by atoms with Crippen molar-refractivity contribution in [2.45, 2.75) is 14.9 Å². The Labute approximate surface area is 339 Å². The zero-order valence-electron chi connectivity index (χ0n) is 30.5. The van der Waals surface area contributed by atoms with Gasteiger partial charge >= 0.3 is 0 Å². The Balaban J connectivity index is 0.00000218. The first-order valence-electron chi connectivity index (χ1n) is 19.1. The molecule has 8 aromatic carbocycles. The molecule has 3 aromatic heterocycles. The Morgan fingerprint density at radius 2 is 0.690 bits per heavy atom. The van der Waals surface area contributed by atoms with Crippen LogP contribution in [0.25, 0.3) is 99.8 Å². The van der Waals surface area contributed by atoms with Gasteiger partial charge in [-0.25, -0.2) is 4.98 Å². The third-order valence-corrected chi connectivity index (χ3v) is 11.1. The molecule has 278 valence electrons. The zero-order chi connectivity index (χ0) is 37.0. The molecule has 11 rings (SSSR count). The first kappa shape index (κ1) is 36.2. The van der Waals surface area contributed by atoms with E-state index < -0.39 is 0 Å². The number of hydrogen-bond donors (Lipinski definition) is 0. The molecule has 0 aliphatic rings. The molecule has 11 aromatic rings. The Kier molecular flexibility index (Phi) is 9.27. The topological polar surface area (TPSA) is 22.8 Å². The molecular weight excluding hydrogens is 703 g/mol. The molecule has 0 spiro atoms. The molecule has 0 N–H and O–H groups in total. The SMILES string of the molecule is C.C.c1ccc(-c2cc(-c3ccccc3)nc(-c3ccc(-c4cc(-n5c6ccccc6c6ccccc65)ccc4-n4c5ccccc5c5ccccc54)cc3)c2)cc1. The van der Waals surface area contributed by atoms with Crippen LogP contribution in [0.5, 0.6) is 0 Å². The fourth-order valence-corrected chi connectivity index (χ4v) is 8.53. The van der Waals surface area contributed by atoms with E-state index in [1.807, 2.05) is 6.07 Å². The predicted octanol–water partition coefficient (Wildman–Crippen LogP) is 15.2. The Morgan fingerprint density at radius 3 is 1.19 bits per heavy atom. The molecular formula is C55H43N3. The Bertz CT molecular complexity index is 3060. The molecule has 0 aliphatic carbocycles. The van der Waals surface area contributed by atoms with E-state index in [1.165, 1.54) is 49.2 Å². The smallest absolute Gasteiger partial charge is 0.0715 e. The number of para-hydroxylation sites is 4. The van der Waals surface area contributed by atoms with E-state index >= 15 is 0 Å². The largest absolute Gasteiger partial charge is 0.309 e. The van der Waals surface area contributed by atoms with Crippen LogP contribution in [0.15, 0.2) is 212 Å². The van der Waals surface area contributed by atoms with E-state index in [0.29, 0.717) is 0 Å². The maximum atomic E-state index is 5.23. The third-order valence-electron chi connectivity index (χ3n) is 11.1. The molecule has 0 bridgehead atoms. The van der Waals surface area contributed by atoms with Crippen molar-refractivity contribution in [3.63, 3.8) is 0 Å². The third kappa shape index (κ3) is 5.96. The van der Waals surface area contributed by atoms with Crippen LogP contribution in [-0.2, 0) is 0 Å². The maximum absolute atomic E-state index is 5.23. The van der Waals surface area contributed by atoms with Crippen molar-refractivity contribution < 1.29 is 0 Å². The molecule has 3 heteroatoms. The van der Waals surface area contributed by atoms with E-state index in [4.69, 9.17) is 4.98 Å². The van der Waals surface area contributed by atoms with Crippen molar-refractivity contribution in [3.8, 4) is 56.1 Å². The lowest BCUT2D eigenvalue weighted by Crippen LogP contribution is -2.01. The first-order chi connectivity index (χ1) is 27.8. The number of aromatic nitrogens is 3. The summed E-state index contributed by atoms with van der Waals surface area (Å²) < 4.78 is 4.84. The van der Waals surface area contributed by atoms with Gasteiger partial charge in [-0.1, -0.05) is 173 Å². The fourth-order valence-electron chi connectivity index (χ4n) is 8.53. The van der Waals surface area contributed by atoms with Gasteiger partial charge in [-0.15, -0.1) is 0 Å². The van der Waals surface area contributed by atoms with Gasteiger partial charge in [0.15, 0.2) is 0 Å². The summed E-state index contributed by atoms with van der Waals surface area (Å²) in [6.45, 7) is 0. The summed E-state index contributed by atoms with van der Waals surface area (Å²) in [4.78, 5) is 5.23. The van der Waals surface area contributed by atoms with Crippen LogP contribution in [0, 0.1) is 0 Å². The van der Waals surface area contributed by atoms with E-state index in [1.54, 1.807) is 0 Å². The summed E-state index contributed by atoms with van der Waals surface area (Å²) in [5.41, 5.74) is 15.7. The van der Waals surface area contributed by atoms with Crippen molar-refractivity contribution in [2.24, 2.45) is 0 Å². The number of rotatable bonds is 6. The standard InChI is InChI=1S/C53H35N3.2CH4/c1-3-15-36(16-4-1)40-33-47(38-17-5-2-6-18-38)54-48(34-40)39-29-27-37(28-30-39)46-35-41(55-49-23-11-7-19-42(49)43-20-8-12-24-50(43)55)31-32-53(46)56-51-25-13-9-21-44(51)45-22-10-14-26-52(45)56;;/h1-35H;2*1H4. The van der Waals surface area contributed by atoms with Crippen molar-refractivity contribution in [1.29, 1.82) is 0 Å². The minimum absolute atomic E-state index is 0. The monoisotopic (exact) mass is 745 g/mol. The summed E-state index contributed by atoms with van der Waals surface area (Å²) in [5.74, 6) is 0. The number of nitrogens with zero attached hydrogens (tertiary/aromatic N) is 3. The molecule has 0 saturated carbocycles. The molecule has 58 heavy (non-hydrogen) atoms. The zero-order valence-corrected chi connectivity index (χ0v) is 30.5. The van der Waals surface area contributed by atoms with Crippen molar-refractivity contribution >= 4 is 43.6 Å². The highest BCUT2D eigenvalue weighted by molar-refractivity contribution is 6.11. The van der Waals surface area contributed by atoms with Gasteiger partial charge in [0.25, 0.3) is 0 Å². The lowest BCUT2D eigenvalue weighted by atomic mass is 9.97. The van der Waals surface area contributed by atoms with Crippen LogP contribution in [0.2, 0.25) is 0 Å². The lowest BCUT2D eigenvalue weighted by molar-refractivity contribution is 1.15. The number of hydrogen-bond acceptors (Lipinski definition) is 1. The van der Waals surface area contributed by atoms with Crippen LogP contribution in [0.4, 0.5) is 0 Å². The summed E-state index contributed by atoms with van der Waals surface area (Å²) in [7, 11) is 0. The highest BCUT2D eigenvalue weighted by Gasteiger charge is 2.19. The van der Waals surface area contributed by atoms with Crippen LogP contribution in [0.1, 0.15) is 14.9 Å². The second-order valence-corrected chi connectivity index (χ2v) is 14.4. The van der Waals surface area contributed by atoms with Gasteiger partial charge in [0.1, 0.15) is 0 Å². The fraction of sp³-hybridized carbons (Fsp3) is 0.0364. The number of benzene rings is 8. The first-order valence-corrected chi connectivity index (χ1v) is 19.1. The summed E-state index contributed by atoms with van der Waals surface area (Å²) in [5, 5.41) is 4.99. The average molecular weight is 746 g/mol. The van der Waals surface area contributed by atoms with Crippen molar-refractivity contribution in [3.05, 3.63) is 212 Å². The van der Waals surface area contributed by atoms with Crippen LogP contribution >= 0.6 is 0 Å². The lowest BCUT2D eigenvalue weighted by Gasteiger charge is -2.18. The van der Waals surface area contributed by atoms with Gasteiger partial charge in [-0.3, -0.25) is 0 Å². The molecule has 3 nitrogen and oxygen atoms in total. The van der Waals surface area contributed by atoms with Crippen LogP contribution in [0.3, 0.4) is 0 Å². The van der Waals surface area contributed by atoms with Gasteiger partial charge in [-0.05, 0) is 71.3 Å². The van der Waals surface area contributed by atoms with Gasteiger partial charge in [-0.2, -0.15) is 0 Å². The average Bonchev–Trinajstić information content (AvgIpc) is 3.80. The van der Waals surface area contributed by atoms with E-state index in [0.717, 1.165) is 50.6 Å². The molecule has 0 atom stereocenters. The van der Waals surface area contributed by atoms with Gasteiger partial charge in [0.2, 0.25) is 0 Å². The minimum atomic E-state index is 0. The van der Waals surface area contributed by atoms with E-state index in [-0.39, 0.29) is 14.9 Å². The molecule has 3 heterocycles. The molecule has 0 saturated heterocycles. The molecule has 0 amide bonds. The van der Waals surface area contributed by atoms with Gasteiger partial charge in [0, 0.05) is 43.9 Å². The quantitative estimate of drug-likeness (QED) is 0.166. The normalized spacial score (nSPS) is 11.2. The van der Waals surface area contributed by atoms with Crippen LogP contribution < -0.4 is 0 Å². The predicted molar refractivity (Wildman–Crippen MR) is 248 cm³/mol. The van der Waals surface area contributed by atoms with Gasteiger partial charge < -0.3 is 9.13 Å². The Morgan fingerprint density at radius 1 is 0.293 bits per heavy atom. The maximum Gasteiger partial charge on any atom is 0.0715 e. The van der Waals surface area contributed by atoms with Crippen LogP contribution in [-0.4, -0.2) is 14.1 Å². The summed E-state index contributed by atoms with van der Waals surface area (Å²) in [6.07, 6.45) is 0. The molecule has 0 fully saturated rings. The Hall–Kier alpha value is -7.49. The number of pyridine rings is 1. The second kappa shape index (κ2) is 14.9. The van der Waals surface area contributed by atoms with Gasteiger partial charge in [0.05, 0.1) is 39.1 Å². The second-order valence-electron chi connectivity index (χ2n) is 14.4. The highest BCUT2D eigenvalue weighted by Crippen LogP contribution is 2.40. The molecule has 0 radical (unpaired) electrons. The highest BCUT2D eigenvalue weighted by atomic mass is 15.0. The summed E-state index contributed by atoms with van der Waals surface area (Å²) in [6, 6.07) is 76.3. The molecule has 0 aliphatic heterocycles. The van der Waals surface area contributed by atoms with Crippen molar-refractivity contribution in [1.82, 2.24) is 14.1 Å². The summed E-state index contributed by atoms with van der Waals surface area (Å²) >= 11 is 0. The van der Waals surface area contributed by atoms with E-state index in [9.17, 15) is 0 Å². The number of fused-ring (bicyclic) bond motifs is 6. The molecule has 0 unspecified atom stereocenters. The minimum Gasteiger partial charge on any atom is -0.309 e. The van der Waals surface area contributed by atoms with Crippen molar-refractivity contribution in [2.75, 3.05) is 0 Å².